The first kappa shape index (κ1) is 11.0. The zero-order valence-electron chi connectivity index (χ0n) is 9.19. The highest BCUT2D eigenvalue weighted by molar-refractivity contribution is 5.21. The minimum atomic E-state index is -0.388. The average Bonchev–Trinajstić information content (AvgIpc) is 2.28. The van der Waals surface area contributed by atoms with E-state index < -0.39 is 0 Å². The van der Waals surface area contributed by atoms with Crippen LogP contribution in [0.1, 0.15) is 26.3 Å². The topological polar surface area (TPSA) is 47.3 Å². The van der Waals surface area contributed by atoms with E-state index in [0.29, 0.717) is 12.4 Å². The zero-order valence-corrected chi connectivity index (χ0v) is 9.19. The Morgan fingerprint density at radius 3 is 2.64 bits per heavy atom. The van der Waals surface area contributed by atoms with Crippen LogP contribution in [-0.2, 0) is 6.54 Å². The monoisotopic (exact) mass is 198 g/mol. The van der Waals surface area contributed by atoms with Crippen LogP contribution in [0.4, 0.5) is 0 Å². The van der Waals surface area contributed by atoms with Gasteiger partial charge < -0.3 is 9.84 Å². The number of aromatic nitrogens is 2. The van der Waals surface area contributed by atoms with Gasteiger partial charge >= 0.3 is 0 Å². The lowest BCUT2D eigenvalue weighted by molar-refractivity contribution is 0.166. The molecule has 4 nitrogen and oxygen atoms in total. The summed E-state index contributed by atoms with van der Waals surface area (Å²) >= 11 is 0. The molecule has 0 aliphatic rings. The van der Waals surface area contributed by atoms with E-state index in [0.717, 1.165) is 5.56 Å². The molecule has 80 valence electrons. The molecule has 0 bridgehead atoms. The maximum absolute atomic E-state index is 9.19. The summed E-state index contributed by atoms with van der Waals surface area (Å²) in [7, 11) is 0. The van der Waals surface area contributed by atoms with Crippen molar-refractivity contribution in [2.24, 2.45) is 0 Å². The van der Waals surface area contributed by atoms with Gasteiger partial charge in [-0.15, -0.1) is 5.10 Å². The normalized spacial score (nSPS) is 13.3. The van der Waals surface area contributed by atoms with Gasteiger partial charge in [0, 0.05) is 11.8 Å². The number of hydrogen-bond donors (Lipinski definition) is 1. The third-order valence-corrected chi connectivity index (χ3v) is 1.70. The van der Waals surface area contributed by atoms with Gasteiger partial charge in [-0.2, -0.15) is 0 Å². The third-order valence-electron chi connectivity index (χ3n) is 1.70. The Balaban J connectivity index is 2.72. The SMILES string of the molecule is Cc1cn(CC(C)O)nc1OC(C)C. The summed E-state index contributed by atoms with van der Waals surface area (Å²) in [6.45, 7) is 8.12. The third kappa shape index (κ3) is 3.03. The summed E-state index contributed by atoms with van der Waals surface area (Å²) in [5.41, 5.74) is 0.999. The molecule has 0 aromatic carbocycles. The highest BCUT2D eigenvalue weighted by Gasteiger charge is 2.08. The number of nitrogens with zero attached hydrogens (tertiary/aromatic N) is 2. The molecule has 0 saturated carbocycles. The molecule has 0 aliphatic carbocycles. The molecular weight excluding hydrogens is 180 g/mol. The first-order chi connectivity index (χ1) is 6.49. The Hall–Kier alpha value is -1.03. The molecule has 14 heavy (non-hydrogen) atoms. The summed E-state index contributed by atoms with van der Waals surface area (Å²) in [5, 5.41) is 13.4. The Bertz CT molecular complexity index is 292. The number of aliphatic hydroxyl groups excluding tert-OH is 1. The van der Waals surface area contributed by atoms with Crippen molar-refractivity contribution in [3.8, 4) is 5.88 Å². The number of aliphatic hydroxyl groups is 1. The predicted molar refractivity (Wildman–Crippen MR) is 54.4 cm³/mol. The molecule has 1 N–H and O–H groups in total. The van der Waals surface area contributed by atoms with E-state index in [1.807, 2.05) is 27.0 Å². The lowest BCUT2D eigenvalue weighted by Gasteiger charge is -2.07. The molecule has 0 fully saturated rings. The second-order valence-electron chi connectivity index (χ2n) is 3.85. The number of rotatable bonds is 4. The van der Waals surface area contributed by atoms with Crippen molar-refractivity contribution in [3.05, 3.63) is 11.8 Å². The molecule has 0 amide bonds. The van der Waals surface area contributed by atoms with E-state index in [2.05, 4.69) is 5.10 Å². The van der Waals surface area contributed by atoms with Crippen molar-refractivity contribution < 1.29 is 9.84 Å². The van der Waals surface area contributed by atoms with E-state index in [1.54, 1.807) is 11.6 Å². The summed E-state index contributed by atoms with van der Waals surface area (Å²) in [4.78, 5) is 0. The molecule has 1 rings (SSSR count). The molecule has 0 aliphatic heterocycles. The van der Waals surface area contributed by atoms with Crippen molar-refractivity contribution in [2.45, 2.75) is 46.4 Å². The van der Waals surface area contributed by atoms with E-state index >= 15 is 0 Å². The summed E-state index contributed by atoms with van der Waals surface area (Å²) < 4.78 is 7.20. The molecular formula is C10H18N2O2. The van der Waals surface area contributed by atoms with Crippen molar-refractivity contribution in [1.82, 2.24) is 9.78 Å². The molecule has 1 aromatic heterocycles. The molecule has 4 heteroatoms. The Labute approximate surface area is 84.5 Å². The average molecular weight is 198 g/mol. The van der Waals surface area contributed by atoms with Crippen molar-refractivity contribution >= 4 is 0 Å². The minimum absolute atomic E-state index is 0.128. The fraction of sp³-hybridized carbons (Fsp3) is 0.700. The van der Waals surface area contributed by atoms with Gasteiger partial charge in [-0.1, -0.05) is 0 Å². The maximum Gasteiger partial charge on any atom is 0.235 e. The first-order valence-corrected chi connectivity index (χ1v) is 4.88. The smallest absolute Gasteiger partial charge is 0.235 e. The van der Waals surface area contributed by atoms with Gasteiger partial charge in [0.2, 0.25) is 5.88 Å². The maximum atomic E-state index is 9.19. The Morgan fingerprint density at radius 1 is 1.50 bits per heavy atom. The van der Waals surface area contributed by atoms with Crippen LogP contribution in [-0.4, -0.2) is 27.1 Å². The zero-order chi connectivity index (χ0) is 10.7. The van der Waals surface area contributed by atoms with Crippen LogP contribution in [0.25, 0.3) is 0 Å². The van der Waals surface area contributed by atoms with E-state index in [-0.39, 0.29) is 12.2 Å². The van der Waals surface area contributed by atoms with Gasteiger partial charge in [0.05, 0.1) is 18.8 Å². The molecule has 0 radical (unpaired) electrons. The highest BCUT2D eigenvalue weighted by atomic mass is 16.5. The van der Waals surface area contributed by atoms with Crippen LogP contribution < -0.4 is 4.74 Å². The fourth-order valence-electron chi connectivity index (χ4n) is 1.21. The predicted octanol–water partition coefficient (Wildman–Crippen LogP) is 1.36. The van der Waals surface area contributed by atoms with Gasteiger partial charge in [-0.3, -0.25) is 4.68 Å². The van der Waals surface area contributed by atoms with Crippen LogP contribution in [0.2, 0.25) is 0 Å². The van der Waals surface area contributed by atoms with E-state index in [1.165, 1.54) is 0 Å². The van der Waals surface area contributed by atoms with Crippen LogP contribution in [0.3, 0.4) is 0 Å². The number of aryl methyl sites for hydroxylation is 1. The van der Waals surface area contributed by atoms with Gasteiger partial charge in [0.15, 0.2) is 0 Å². The quantitative estimate of drug-likeness (QED) is 0.794. The fourth-order valence-corrected chi connectivity index (χ4v) is 1.21. The summed E-state index contributed by atoms with van der Waals surface area (Å²) in [5.74, 6) is 0.653. The standard InChI is InChI=1S/C10H18N2O2/c1-7(2)14-10-8(3)5-12(11-10)6-9(4)13/h5,7,9,13H,6H2,1-4H3. The first-order valence-electron chi connectivity index (χ1n) is 4.88. The summed E-state index contributed by atoms with van der Waals surface area (Å²) in [6, 6.07) is 0. The Kier molecular flexibility index (Phi) is 3.52. The molecule has 0 spiro atoms. The molecule has 1 unspecified atom stereocenters. The number of hydrogen-bond acceptors (Lipinski definition) is 3. The van der Waals surface area contributed by atoms with Crippen LogP contribution >= 0.6 is 0 Å². The highest BCUT2D eigenvalue weighted by Crippen LogP contribution is 2.15. The molecule has 1 atom stereocenters. The second-order valence-corrected chi connectivity index (χ2v) is 3.85. The van der Waals surface area contributed by atoms with Crippen molar-refractivity contribution in [2.75, 3.05) is 0 Å². The van der Waals surface area contributed by atoms with Crippen LogP contribution in [0.5, 0.6) is 5.88 Å². The van der Waals surface area contributed by atoms with E-state index in [9.17, 15) is 5.11 Å². The largest absolute Gasteiger partial charge is 0.474 e. The second kappa shape index (κ2) is 4.46. The van der Waals surface area contributed by atoms with Gasteiger partial charge in [0.25, 0.3) is 0 Å². The summed E-state index contributed by atoms with van der Waals surface area (Å²) in [6.07, 6.45) is 1.62. The lowest BCUT2D eigenvalue weighted by atomic mass is 10.4. The van der Waals surface area contributed by atoms with Crippen molar-refractivity contribution in [1.29, 1.82) is 0 Å². The lowest BCUT2D eigenvalue weighted by Crippen LogP contribution is -2.12. The Morgan fingerprint density at radius 2 is 2.14 bits per heavy atom. The van der Waals surface area contributed by atoms with Crippen LogP contribution in [0.15, 0.2) is 6.20 Å². The van der Waals surface area contributed by atoms with Gasteiger partial charge in [-0.05, 0) is 27.7 Å². The van der Waals surface area contributed by atoms with Gasteiger partial charge in [-0.25, -0.2) is 0 Å². The van der Waals surface area contributed by atoms with Crippen molar-refractivity contribution in [3.63, 3.8) is 0 Å². The molecule has 0 saturated heterocycles. The van der Waals surface area contributed by atoms with Gasteiger partial charge in [0.1, 0.15) is 0 Å². The van der Waals surface area contributed by atoms with Crippen LogP contribution in [0, 0.1) is 6.92 Å². The molecule has 1 aromatic rings. The number of ether oxygens (including phenoxy) is 1. The minimum Gasteiger partial charge on any atom is -0.474 e. The van der Waals surface area contributed by atoms with E-state index in [4.69, 9.17) is 4.74 Å². The molecule has 1 heterocycles.